The summed E-state index contributed by atoms with van der Waals surface area (Å²) in [6.07, 6.45) is 1.84. The second kappa shape index (κ2) is 10.6. The Morgan fingerprint density at radius 2 is 1.91 bits per heavy atom. The summed E-state index contributed by atoms with van der Waals surface area (Å²) in [5.41, 5.74) is 3.03. The molecule has 1 aliphatic heterocycles. The zero-order valence-electron chi connectivity index (χ0n) is 19.8. The average molecular weight is 449 g/mol. The van der Waals surface area contributed by atoms with E-state index in [1.807, 2.05) is 43.5 Å². The SMILES string of the molecule is COc1ccccc1[C@@H](CNc1cc(-c2ccnc(N3CCOCC3)c2)nc(C)n1)N(C)C. The van der Waals surface area contributed by atoms with Crippen molar-refractivity contribution in [1.82, 2.24) is 19.9 Å². The first-order valence-electron chi connectivity index (χ1n) is 11.2. The van der Waals surface area contributed by atoms with Gasteiger partial charge in [-0.05, 0) is 39.2 Å². The number of pyridine rings is 1. The van der Waals surface area contributed by atoms with Gasteiger partial charge in [-0.15, -0.1) is 0 Å². The standard InChI is InChI=1S/C25H32N6O2/c1-18-28-21(19-9-10-26-25(15-19)31-11-13-33-14-12-31)16-24(29-18)27-17-22(30(2)3)20-7-5-6-8-23(20)32-4/h5-10,15-16,22H,11-14,17H2,1-4H3,(H,27,28,29)/t22-/m1/s1. The Labute approximate surface area is 195 Å². The Kier molecular flexibility index (Phi) is 7.36. The number of nitrogens with one attached hydrogen (secondary N) is 1. The van der Waals surface area contributed by atoms with Crippen LogP contribution in [0, 0.1) is 6.92 Å². The summed E-state index contributed by atoms with van der Waals surface area (Å²) in [7, 11) is 5.85. The lowest BCUT2D eigenvalue weighted by Crippen LogP contribution is -2.36. The molecule has 174 valence electrons. The van der Waals surface area contributed by atoms with Gasteiger partial charge in [0.1, 0.15) is 23.2 Å². The molecule has 3 aromatic rings. The maximum Gasteiger partial charge on any atom is 0.130 e. The number of methoxy groups -OCH3 is 1. The van der Waals surface area contributed by atoms with Gasteiger partial charge in [-0.25, -0.2) is 15.0 Å². The molecule has 1 aromatic carbocycles. The van der Waals surface area contributed by atoms with Crippen molar-refractivity contribution < 1.29 is 9.47 Å². The number of ether oxygens (including phenoxy) is 2. The minimum atomic E-state index is 0.119. The van der Waals surface area contributed by atoms with E-state index >= 15 is 0 Å². The summed E-state index contributed by atoms with van der Waals surface area (Å²) >= 11 is 0. The van der Waals surface area contributed by atoms with Crippen LogP contribution in [0.15, 0.2) is 48.7 Å². The highest BCUT2D eigenvalue weighted by Gasteiger charge is 2.19. The predicted octanol–water partition coefficient (Wildman–Crippen LogP) is 3.41. The lowest BCUT2D eigenvalue weighted by Gasteiger charge is -2.28. The predicted molar refractivity (Wildman–Crippen MR) is 131 cm³/mol. The molecule has 1 fully saturated rings. The Bertz CT molecular complexity index is 1070. The van der Waals surface area contributed by atoms with Gasteiger partial charge < -0.3 is 24.6 Å². The van der Waals surface area contributed by atoms with Crippen LogP contribution >= 0.6 is 0 Å². The highest BCUT2D eigenvalue weighted by atomic mass is 16.5. The van der Waals surface area contributed by atoms with Gasteiger partial charge in [0, 0.05) is 43.0 Å². The molecular formula is C25H32N6O2. The Balaban J connectivity index is 1.55. The van der Waals surface area contributed by atoms with E-state index in [9.17, 15) is 0 Å². The fourth-order valence-corrected chi connectivity index (χ4v) is 4.06. The van der Waals surface area contributed by atoms with Gasteiger partial charge >= 0.3 is 0 Å². The van der Waals surface area contributed by atoms with Crippen molar-refractivity contribution in [3.05, 3.63) is 60.0 Å². The number of likely N-dealkylation sites (N-methyl/N-ethyl adjacent to an activating group) is 1. The molecule has 0 amide bonds. The lowest BCUT2D eigenvalue weighted by molar-refractivity contribution is 0.122. The average Bonchev–Trinajstić information content (AvgIpc) is 2.84. The quantitative estimate of drug-likeness (QED) is 0.562. The van der Waals surface area contributed by atoms with Crippen LogP contribution in [0.1, 0.15) is 17.4 Å². The third-order valence-electron chi connectivity index (χ3n) is 5.81. The molecule has 1 saturated heterocycles. The molecule has 8 heteroatoms. The maximum atomic E-state index is 5.59. The fourth-order valence-electron chi connectivity index (χ4n) is 4.06. The summed E-state index contributed by atoms with van der Waals surface area (Å²) in [5, 5.41) is 3.51. The minimum absolute atomic E-state index is 0.119. The van der Waals surface area contributed by atoms with E-state index in [-0.39, 0.29) is 6.04 Å². The van der Waals surface area contributed by atoms with Crippen molar-refractivity contribution in [3.63, 3.8) is 0 Å². The van der Waals surface area contributed by atoms with Crippen LogP contribution in [0.25, 0.3) is 11.3 Å². The highest BCUT2D eigenvalue weighted by molar-refractivity contribution is 5.66. The molecule has 0 bridgehead atoms. The smallest absolute Gasteiger partial charge is 0.130 e. The number of aryl methyl sites for hydroxylation is 1. The molecule has 0 aliphatic carbocycles. The molecule has 2 aromatic heterocycles. The number of morpholine rings is 1. The number of aromatic nitrogens is 3. The summed E-state index contributed by atoms with van der Waals surface area (Å²) in [5.74, 6) is 3.35. The Morgan fingerprint density at radius 1 is 1.12 bits per heavy atom. The topological polar surface area (TPSA) is 75.6 Å². The summed E-state index contributed by atoms with van der Waals surface area (Å²) in [6.45, 7) is 5.75. The maximum absolute atomic E-state index is 5.59. The van der Waals surface area contributed by atoms with Crippen LogP contribution in [0.4, 0.5) is 11.6 Å². The van der Waals surface area contributed by atoms with Crippen LogP contribution in [0.3, 0.4) is 0 Å². The van der Waals surface area contributed by atoms with Crippen molar-refractivity contribution in [2.75, 3.05) is 64.3 Å². The first-order valence-corrected chi connectivity index (χ1v) is 11.2. The Hall–Kier alpha value is -3.23. The number of para-hydroxylation sites is 1. The van der Waals surface area contributed by atoms with E-state index in [0.29, 0.717) is 6.54 Å². The molecule has 1 atom stereocenters. The van der Waals surface area contributed by atoms with Crippen molar-refractivity contribution in [2.24, 2.45) is 0 Å². The van der Waals surface area contributed by atoms with Crippen LogP contribution in [-0.4, -0.2) is 73.9 Å². The second-order valence-electron chi connectivity index (χ2n) is 8.29. The molecule has 3 heterocycles. The summed E-state index contributed by atoms with van der Waals surface area (Å²) < 4.78 is 11.1. The second-order valence-corrected chi connectivity index (χ2v) is 8.29. The summed E-state index contributed by atoms with van der Waals surface area (Å²) in [4.78, 5) is 18.3. The first-order chi connectivity index (χ1) is 16.0. The van der Waals surface area contributed by atoms with Gasteiger partial charge in [-0.2, -0.15) is 0 Å². The molecule has 33 heavy (non-hydrogen) atoms. The number of hydrogen-bond donors (Lipinski definition) is 1. The number of hydrogen-bond acceptors (Lipinski definition) is 8. The van der Waals surface area contributed by atoms with Crippen molar-refractivity contribution in [2.45, 2.75) is 13.0 Å². The Morgan fingerprint density at radius 3 is 2.67 bits per heavy atom. The van der Waals surface area contributed by atoms with Crippen LogP contribution < -0.4 is 15.0 Å². The van der Waals surface area contributed by atoms with Gasteiger partial charge in [-0.1, -0.05) is 18.2 Å². The van der Waals surface area contributed by atoms with Gasteiger partial charge in [0.05, 0.1) is 32.1 Å². The van der Waals surface area contributed by atoms with E-state index in [2.05, 4.69) is 56.3 Å². The van der Waals surface area contributed by atoms with Crippen molar-refractivity contribution >= 4 is 11.6 Å². The molecule has 0 saturated carbocycles. The third-order valence-corrected chi connectivity index (χ3v) is 5.81. The van der Waals surface area contributed by atoms with Crippen molar-refractivity contribution in [3.8, 4) is 17.0 Å². The van der Waals surface area contributed by atoms with E-state index in [1.165, 1.54) is 0 Å². The summed E-state index contributed by atoms with van der Waals surface area (Å²) in [6, 6.07) is 14.3. The van der Waals surface area contributed by atoms with Crippen LogP contribution in [0.5, 0.6) is 5.75 Å². The number of benzene rings is 1. The van der Waals surface area contributed by atoms with E-state index < -0.39 is 0 Å². The monoisotopic (exact) mass is 448 g/mol. The minimum Gasteiger partial charge on any atom is -0.496 e. The van der Waals surface area contributed by atoms with Crippen molar-refractivity contribution in [1.29, 1.82) is 0 Å². The van der Waals surface area contributed by atoms with E-state index in [1.54, 1.807) is 7.11 Å². The van der Waals surface area contributed by atoms with Crippen LogP contribution in [-0.2, 0) is 4.74 Å². The molecule has 1 N–H and O–H groups in total. The zero-order valence-corrected chi connectivity index (χ0v) is 19.8. The van der Waals surface area contributed by atoms with E-state index in [4.69, 9.17) is 9.47 Å². The molecule has 0 unspecified atom stereocenters. The number of anilines is 2. The molecule has 0 spiro atoms. The van der Waals surface area contributed by atoms with Gasteiger partial charge in [-0.3, -0.25) is 0 Å². The van der Waals surface area contributed by atoms with Gasteiger partial charge in [0.15, 0.2) is 0 Å². The van der Waals surface area contributed by atoms with Gasteiger partial charge in [0.25, 0.3) is 0 Å². The third kappa shape index (κ3) is 5.58. The van der Waals surface area contributed by atoms with E-state index in [0.717, 1.165) is 66.3 Å². The molecule has 8 nitrogen and oxygen atoms in total. The molecule has 4 rings (SSSR count). The lowest BCUT2D eigenvalue weighted by atomic mass is 10.0. The highest BCUT2D eigenvalue weighted by Crippen LogP contribution is 2.29. The normalized spacial score (nSPS) is 14.9. The molecular weight excluding hydrogens is 416 g/mol. The van der Waals surface area contributed by atoms with Gasteiger partial charge in [0.2, 0.25) is 0 Å². The first kappa shape index (κ1) is 22.9. The number of rotatable bonds is 8. The fraction of sp³-hybridized carbons (Fsp3) is 0.400. The van der Waals surface area contributed by atoms with Crippen LogP contribution in [0.2, 0.25) is 0 Å². The molecule has 1 aliphatic rings. The largest absolute Gasteiger partial charge is 0.496 e. The number of nitrogens with zero attached hydrogens (tertiary/aromatic N) is 5. The molecule has 0 radical (unpaired) electrons. The zero-order chi connectivity index (χ0) is 23.2.